The van der Waals surface area contributed by atoms with Gasteiger partial charge in [0.1, 0.15) is 11.5 Å². The molecule has 0 aliphatic carbocycles. The van der Waals surface area contributed by atoms with Gasteiger partial charge in [0.15, 0.2) is 0 Å². The zero-order valence-electron chi connectivity index (χ0n) is 11.9. The lowest BCUT2D eigenvalue weighted by Gasteiger charge is -2.06. The second-order valence-electron chi connectivity index (χ2n) is 4.17. The van der Waals surface area contributed by atoms with Crippen LogP contribution in [0.2, 0.25) is 0 Å². The first-order valence-electron chi connectivity index (χ1n) is 6.78. The Labute approximate surface area is 118 Å². The number of aromatic nitrogens is 2. The maximum Gasteiger partial charge on any atom is 0.271 e. The molecule has 0 aromatic carbocycles. The minimum atomic E-state index is -0.330. The van der Waals surface area contributed by atoms with Crippen molar-refractivity contribution in [3.63, 3.8) is 0 Å². The number of amides is 2. The Morgan fingerprint density at radius 2 is 1.90 bits per heavy atom. The Morgan fingerprint density at radius 3 is 2.50 bits per heavy atom. The van der Waals surface area contributed by atoms with E-state index in [2.05, 4.69) is 25.9 Å². The van der Waals surface area contributed by atoms with Gasteiger partial charge in [-0.1, -0.05) is 6.92 Å². The monoisotopic (exact) mass is 279 g/mol. The topological polar surface area (TPSA) is 96.0 Å². The second kappa shape index (κ2) is 8.84. The van der Waals surface area contributed by atoms with Gasteiger partial charge in [0, 0.05) is 26.1 Å². The lowest BCUT2D eigenvalue weighted by molar-refractivity contribution is -0.120. The Bertz CT molecular complexity index is 433. The number of hydrogen-bond donors (Lipinski definition) is 3. The number of rotatable bonds is 8. The van der Waals surface area contributed by atoms with Gasteiger partial charge < -0.3 is 16.0 Å². The second-order valence-corrected chi connectivity index (χ2v) is 4.17. The third-order valence-electron chi connectivity index (χ3n) is 2.45. The molecule has 2 amide bonds. The highest BCUT2D eigenvalue weighted by Gasteiger charge is 2.08. The fourth-order valence-corrected chi connectivity index (χ4v) is 1.45. The lowest BCUT2D eigenvalue weighted by Crippen LogP contribution is -2.31. The first kappa shape index (κ1) is 15.9. The molecule has 0 atom stereocenters. The summed E-state index contributed by atoms with van der Waals surface area (Å²) >= 11 is 0. The Kier molecular flexibility index (Phi) is 7.02. The van der Waals surface area contributed by atoms with Crippen molar-refractivity contribution in [2.45, 2.75) is 26.7 Å². The molecule has 0 saturated heterocycles. The Balaban J connectivity index is 2.33. The smallest absolute Gasteiger partial charge is 0.271 e. The summed E-state index contributed by atoms with van der Waals surface area (Å²) in [6.07, 6.45) is 4.07. The number of anilines is 1. The molecule has 20 heavy (non-hydrogen) atoms. The van der Waals surface area contributed by atoms with E-state index in [1.54, 1.807) is 0 Å². The minimum absolute atomic E-state index is 0.0688. The largest absolute Gasteiger partial charge is 0.369 e. The van der Waals surface area contributed by atoms with E-state index in [4.69, 9.17) is 0 Å². The number of nitrogens with zero attached hydrogens (tertiary/aromatic N) is 2. The molecule has 3 N–H and O–H groups in total. The zero-order chi connectivity index (χ0) is 14.8. The van der Waals surface area contributed by atoms with E-state index in [1.807, 2.05) is 13.8 Å². The highest BCUT2D eigenvalue weighted by atomic mass is 16.2. The molecule has 0 aliphatic rings. The standard InChI is InChI=1S/C13H21N5O2/c1-3-6-15-12(19)5-7-16-13(20)10-8-18-11(9-17-10)14-4-2/h8-9H,3-7H2,1-2H3,(H,14,18)(H,15,19)(H,16,20). The summed E-state index contributed by atoms with van der Waals surface area (Å²) < 4.78 is 0. The number of hydrogen-bond acceptors (Lipinski definition) is 5. The molecule has 0 bridgehead atoms. The molecule has 0 saturated carbocycles. The highest BCUT2D eigenvalue weighted by Crippen LogP contribution is 2.00. The van der Waals surface area contributed by atoms with E-state index in [0.29, 0.717) is 12.4 Å². The lowest BCUT2D eigenvalue weighted by atomic mass is 10.3. The molecule has 1 aromatic heterocycles. The normalized spacial score (nSPS) is 9.90. The van der Waals surface area contributed by atoms with Gasteiger partial charge in [-0.15, -0.1) is 0 Å². The van der Waals surface area contributed by atoms with Crippen LogP contribution >= 0.6 is 0 Å². The summed E-state index contributed by atoms with van der Waals surface area (Å²) in [5, 5.41) is 8.37. The molecule has 7 heteroatoms. The van der Waals surface area contributed by atoms with Crippen molar-refractivity contribution >= 4 is 17.6 Å². The third-order valence-corrected chi connectivity index (χ3v) is 2.45. The maximum atomic E-state index is 11.7. The fraction of sp³-hybridized carbons (Fsp3) is 0.538. The summed E-state index contributed by atoms with van der Waals surface area (Å²) in [7, 11) is 0. The number of carbonyl (C=O) groups excluding carboxylic acids is 2. The van der Waals surface area contributed by atoms with E-state index in [1.165, 1.54) is 12.4 Å². The number of carbonyl (C=O) groups is 2. The Hall–Kier alpha value is -2.18. The average Bonchev–Trinajstić information content (AvgIpc) is 2.46. The molecule has 110 valence electrons. The van der Waals surface area contributed by atoms with Crippen LogP contribution < -0.4 is 16.0 Å². The predicted molar refractivity (Wildman–Crippen MR) is 76.4 cm³/mol. The van der Waals surface area contributed by atoms with Crippen LogP contribution in [0, 0.1) is 0 Å². The maximum absolute atomic E-state index is 11.7. The summed E-state index contributed by atoms with van der Waals surface area (Å²) in [6, 6.07) is 0. The molecule has 0 unspecified atom stereocenters. The van der Waals surface area contributed by atoms with Crippen molar-refractivity contribution in [1.29, 1.82) is 0 Å². The highest BCUT2D eigenvalue weighted by molar-refractivity contribution is 5.92. The molecule has 1 aromatic rings. The van der Waals surface area contributed by atoms with Gasteiger partial charge in [-0.2, -0.15) is 0 Å². The molecule has 0 spiro atoms. The van der Waals surface area contributed by atoms with Gasteiger partial charge in [-0.3, -0.25) is 9.59 Å². The molecule has 7 nitrogen and oxygen atoms in total. The summed E-state index contributed by atoms with van der Waals surface area (Å²) in [4.78, 5) is 31.1. The average molecular weight is 279 g/mol. The number of nitrogens with one attached hydrogen (secondary N) is 3. The van der Waals surface area contributed by atoms with Gasteiger partial charge >= 0.3 is 0 Å². The molecule has 1 heterocycles. The first-order valence-corrected chi connectivity index (χ1v) is 6.78. The molecule has 0 fully saturated rings. The first-order chi connectivity index (χ1) is 9.67. The van der Waals surface area contributed by atoms with Gasteiger partial charge in [-0.05, 0) is 13.3 Å². The van der Waals surface area contributed by atoms with Crippen LogP contribution in [0.4, 0.5) is 5.82 Å². The predicted octanol–water partition coefficient (Wildman–Crippen LogP) is 0.554. The van der Waals surface area contributed by atoms with E-state index in [0.717, 1.165) is 13.0 Å². The van der Waals surface area contributed by atoms with Crippen molar-refractivity contribution in [1.82, 2.24) is 20.6 Å². The van der Waals surface area contributed by atoms with Crippen molar-refractivity contribution in [3.8, 4) is 0 Å². The molecular weight excluding hydrogens is 258 g/mol. The van der Waals surface area contributed by atoms with Crippen LogP contribution in [-0.4, -0.2) is 41.4 Å². The summed E-state index contributed by atoms with van der Waals surface area (Å²) in [5.41, 5.74) is 0.237. The van der Waals surface area contributed by atoms with Gasteiger partial charge in [0.25, 0.3) is 5.91 Å². The van der Waals surface area contributed by atoms with Crippen molar-refractivity contribution < 1.29 is 9.59 Å². The van der Waals surface area contributed by atoms with Crippen LogP contribution in [0.3, 0.4) is 0 Å². The minimum Gasteiger partial charge on any atom is -0.369 e. The quantitative estimate of drug-likeness (QED) is 0.646. The van der Waals surface area contributed by atoms with E-state index in [-0.39, 0.29) is 30.5 Å². The van der Waals surface area contributed by atoms with Crippen LogP contribution in [0.25, 0.3) is 0 Å². The van der Waals surface area contributed by atoms with Gasteiger partial charge in [0.2, 0.25) is 5.91 Å². The van der Waals surface area contributed by atoms with Gasteiger partial charge in [0.05, 0.1) is 12.4 Å². The van der Waals surface area contributed by atoms with Gasteiger partial charge in [-0.25, -0.2) is 9.97 Å². The SMILES string of the molecule is CCCNC(=O)CCNC(=O)c1cnc(NCC)cn1. The molecule has 0 radical (unpaired) electrons. The summed E-state index contributed by atoms with van der Waals surface area (Å²) in [5.74, 6) is 0.229. The van der Waals surface area contributed by atoms with Crippen LogP contribution in [0.15, 0.2) is 12.4 Å². The molecular formula is C13H21N5O2. The van der Waals surface area contributed by atoms with Crippen LogP contribution in [-0.2, 0) is 4.79 Å². The van der Waals surface area contributed by atoms with E-state index >= 15 is 0 Å². The zero-order valence-corrected chi connectivity index (χ0v) is 11.9. The fourth-order valence-electron chi connectivity index (χ4n) is 1.45. The summed E-state index contributed by atoms with van der Waals surface area (Å²) in [6.45, 7) is 5.62. The molecule has 0 aliphatic heterocycles. The molecule has 1 rings (SSSR count). The van der Waals surface area contributed by atoms with E-state index < -0.39 is 0 Å². The van der Waals surface area contributed by atoms with Crippen LogP contribution in [0.5, 0.6) is 0 Å². The van der Waals surface area contributed by atoms with Crippen molar-refractivity contribution in [2.24, 2.45) is 0 Å². The Morgan fingerprint density at radius 1 is 1.10 bits per heavy atom. The third kappa shape index (κ3) is 5.64. The van der Waals surface area contributed by atoms with E-state index in [9.17, 15) is 9.59 Å². The van der Waals surface area contributed by atoms with Crippen molar-refractivity contribution in [3.05, 3.63) is 18.1 Å². The van der Waals surface area contributed by atoms with Crippen molar-refractivity contribution in [2.75, 3.05) is 25.0 Å². The van der Waals surface area contributed by atoms with Crippen LogP contribution in [0.1, 0.15) is 37.2 Å².